The standard InChI is InChI=1S/C19H23NO/c1-15-7-5-10-17(13-15)19(16-8-3-2-4-9-16)20-12-6-11-18(20)14-21/h2-5,7-10,13,18-19,21H,6,11-12,14H2,1H3. The van der Waals surface area contributed by atoms with Gasteiger partial charge in [-0.2, -0.15) is 0 Å². The molecule has 2 nitrogen and oxygen atoms in total. The van der Waals surface area contributed by atoms with E-state index in [4.69, 9.17) is 0 Å². The predicted octanol–water partition coefficient (Wildman–Crippen LogP) is 3.54. The number of likely N-dealkylation sites (tertiary alicyclic amines) is 1. The highest BCUT2D eigenvalue weighted by atomic mass is 16.3. The van der Waals surface area contributed by atoms with Crippen LogP contribution in [0.15, 0.2) is 54.6 Å². The molecule has 2 heteroatoms. The Morgan fingerprint density at radius 2 is 1.86 bits per heavy atom. The molecule has 0 spiro atoms. The number of aliphatic hydroxyl groups is 1. The first-order chi connectivity index (χ1) is 10.3. The molecule has 0 aromatic heterocycles. The smallest absolute Gasteiger partial charge is 0.0605 e. The fourth-order valence-electron chi connectivity index (χ4n) is 3.44. The third-order valence-electron chi connectivity index (χ3n) is 4.44. The first-order valence-corrected chi connectivity index (χ1v) is 7.77. The zero-order valence-corrected chi connectivity index (χ0v) is 12.6. The van der Waals surface area contributed by atoms with Crippen LogP contribution >= 0.6 is 0 Å². The molecule has 0 bridgehead atoms. The Balaban J connectivity index is 2.03. The van der Waals surface area contributed by atoms with E-state index in [0.717, 1.165) is 13.0 Å². The van der Waals surface area contributed by atoms with E-state index in [2.05, 4.69) is 66.4 Å². The molecule has 0 radical (unpaired) electrons. The van der Waals surface area contributed by atoms with Crippen LogP contribution < -0.4 is 0 Å². The highest BCUT2D eigenvalue weighted by Gasteiger charge is 2.32. The molecule has 110 valence electrons. The van der Waals surface area contributed by atoms with E-state index in [0.29, 0.717) is 0 Å². The van der Waals surface area contributed by atoms with Gasteiger partial charge in [0.2, 0.25) is 0 Å². The summed E-state index contributed by atoms with van der Waals surface area (Å²) in [5.74, 6) is 0. The summed E-state index contributed by atoms with van der Waals surface area (Å²) in [5.41, 5.74) is 3.91. The lowest BCUT2D eigenvalue weighted by molar-refractivity contribution is 0.134. The Bertz CT molecular complexity index is 581. The van der Waals surface area contributed by atoms with Crippen LogP contribution in [0, 0.1) is 6.92 Å². The minimum atomic E-state index is 0.241. The number of hydrogen-bond acceptors (Lipinski definition) is 2. The lowest BCUT2D eigenvalue weighted by Gasteiger charge is -2.33. The molecule has 0 aliphatic carbocycles. The normalized spacial score (nSPS) is 20.6. The molecule has 2 atom stereocenters. The summed E-state index contributed by atoms with van der Waals surface area (Å²) < 4.78 is 0. The maximum absolute atomic E-state index is 9.69. The van der Waals surface area contributed by atoms with E-state index in [-0.39, 0.29) is 18.7 Å². The number of rotatable bonds is 4. The molecule has 3 rings (SSSR count). The number of nitrogens with zero attached hydrogens (tertiary/aromatic N) is 1. The van der Waals surface area contributed by atoms with Crippen LogP contribution in [-0.2, 0) is 0 Å². The molecule has 0 saturated carbocycles. The molecule has 21 heavy (non-hydrogen) atoms. The van der Waals surface area contributed by atoms with Crippen molar-refractivity contribution in [2.24, 2.45) is 0 Å². The van der Waals surface area contributed by atoms with Crippen molar-refractivity contribution >= 4 is 0 Å². The van der Waals surface area contributed by atoms with Crippen molar-refractivity contribution in [3.05, 3.63) is 71.3 Å². The number of hydrogen-bond donors (Lipinski definition) is 1. The fraction of sp³-hybridized carbons (Fsp3) is 0.368. The van der Waals surface area contributed by atoms with Crippen LogP contribution in [0.2, 0.25) is 0 Å². The molecule has 1 N–H and O–H groups in total. The summed E-state index contributed by atoms with van der Waals surface area (Å²) in [6, 6.07) is 19.9. The summed E-state index contributed by atoms with van der Waals surface area (Å²) in [4.78, 5) is 2.46. The van der Waals surface area contributed by atoms with Gasteiger partial charge in [-0.25, -0.2) is 0 Å². The largest absolute Gasteiger partial charge is 0.395 e. The van der Waals surface area contributed by atoms with Crippen molar-refractivity contribution in [3.8, 4) is 0 Å². The fourth-order valence-corrected chi connectivity index (χ4v) is 3.44. The van der Waals surface area contributed by atoms with Crippen LogP contribution in [0.3, 0.4) is 0 Å². The number of aryl methyl sites for hydroxylation is 1. The molecule has 2 aromatic carbocycles. The molecule has 1 heterocycles. The molecule has 1 fully saturated rings. The van der Waals surface area contributed by atoms with Gasteiger partial charge in [0.05, 0.1) is 12.6 Å². The third kappa shape index (κ3) is 3.02. The minimum absolute atomic E-state index is 0.241. The van der Waals surface area contributed by atoms with Crippen LogP contribution in [0.4, 0.5) is 0 Å². The van der Waals surface area contributed by atoms with Gasteiger partial charge in [-0.15, -0.1) is 0 Å². The third-order valence-corrected chi connectivity index (χ3v) is 4.44. The summed E-state index contributed by atoms with van der Waals surface area (Å²) in [6.07, 6.45) is 2.26. The Morgan fingerprint density at radius 1 is 1.10 bits per heavy atom. The van der Waals surface area contributed by atoms with Crippen molar-refractivity contribution in [2.75, 3.05) is 13.2 Å². The van der Waals surface area contributed by atoms with Gasteiger partial charge < -0.3 is 5.11 Å². The van der Waals surface area contributed by atoms with Gasteiger partial charge in [0.15, 0.2) is 0 Å². The van der Waals surface area contributed by atoms with Gasteiger partial charge in [0.1, 0.15) is 0 Å². The van der Waals surface area contributed by atoms with Crippen LogP contribution in [0.25, 0.3) is 0 Å². The summed E-state index contributed by atoms with van der Waals surface area (Å²) in [6.45, 7) is 3.44. The van der Waals surface area contributed by atoms with E-state index < -0.39 is 0 Å². The molecule has 1 saturated heterocycles. The zero-order valence-electron chi connectivity index (χ0n) is 12.6. The van der Waals surface area contributed by atoms with E-state index in [1.54, 1.807) is 0 Å². The van der Waals surface area contributed by atoms with Gasteiger partial charge in [-0.3, -0.25) is 4.90 Å². The van der Waals surface area contributed by atoms with Gasteiger partial charge in [0.25, 0.3) is 0 Å². The lowest BCUT2D eigenvalue weighted by atomic mass is 9.95. The van der Waals surface area contributed by atoms with Crippen molar-refractivity contribution in [2.45, 2.75) is 31.8 Å². The van der Waals surface area contributed by atoms with E-state index in [1.165, 1.54) is 23.1 Å². The molecule has 0 amide bonds. The molecule has 2 unspecified atom stereocenters. The van der Waals surface area contributed by atoms with Crippen LogP contribution in [0.5, 0.6) is 0 Å². The quantitative estimate of drug-likeness (QED) is 0.926. The average molecular weight is 281 g/mol. The van der Waals surface area contributed by atoms with Gasteiger partial charge >= 0.3 is 0 Å². The van der Waals surface area contributed by atoms with Crippen molar-refractivity contribution in [3.63, 3.8) is 0 Å². The van der Waals surface area contributed by atoms with E-state index >= 15 is 0 Å². The molecular formula is C19H23NO. The lowest BCUT2D eigenvalue weighted by Crippen LogP contribution is -2.36. The first kappa shape index (κ1) is 14.3. The maximum atomic E-state index is 9.69. The second-order valence-corrected chi connectivity index (χ2v) is 5.94. The SMILES string of the molecule is Cc1cccc(C(c2ccccc2)N2CCCC2CO)c1. The highest BCUT2D eigenvalue weighted by molar-refractivity contribution is 5.34. The Labute approximate surface area is 127 Å². The van der Waals surface area contributed by atoms with Crippen LogP contribution in [0.1, 0.15) is 35.6 Å². The summed E-state index contributed by atoms with van der Waals surface area (Å²) >= 11 is 0. The van der Waals surface area contributed by atoms with Crippen molar-refractivity contribution in [1.29, 1.82) is 0 Å². The zero-order chi connectivity index (χ0) is 14.7. The molecular weight excluding hydrogens is 258 g/mol. The van der Waals surface area contributed by atoms with Gasteiger partial charge in [0, 0.05) is 6.04 Å². The second-order valence-electron chi connectivity index (χ2n) is 5.94. The summed E-state index contributed by atoms with van der Waals surface area (Å²) in [5, 5.41) is 9.69. The molecule has 2 aromatic rings. The van der Waals surface area contributed by atoms with E-state index in [1.807, 2.05) is 0 Å². The van der Waals surface area contributed by atoms with Crippen molar-refractivity contribution < 1.29 is 5.11 Å². The first-order valence-electron chi connectivity index (χ1n) is 7.77. The monoisotopic (exact) mass is 281 g/mol. The Hall–Kier alpha value is -1.64. The summed E-state index contributed by atoms with van der Waals surface area (Å²) in [7, 11) is 0. The second kappa shape index (κ2) is 6.42. The van der Waals surface area contributed by atoms with E-state index in [9.17, 15) is 5.11 Å². The molecule has 1 aliphatic heterocycles. The maximum Gasteiger partial charge on any atom is 0.0605 e. The number of benzene rings is 2. The topological polar surface area (TPSA) is 23.5 Å². The Morgan fingerprint density at radius 3 is 2.57 bits per heavy atom. The van der Waals surface area contributed by atoms with Crippen LogP contribution in [-0.4, -0.2) is 29.2 Å². The number of aliphatic hydroxyl groups excluding tert-OH is 1. The molecule has 1 aliphatic rings. The predicted molar refractivity (Wildman–Crippen MR) is 86.3 cm³/mol. The van der Waals surface area contributed by atoms with Crippen molar-refractivity contribution in [1.82, 2.24) is 4.90 Å². The minimum Gasteiger partial charge on any atom is -0.395 e. The Kier molecular flexibility index (Phi) is 4.37. The highest BCUT2D eigenvalue weighted by Crippen LogP contribution is 2.34. The van der Waals surface area contributed by atoms with Gasteiger partial charge in [-0.05, 0) is 37.4 Å². The average Bonchev–Trinajstić information content (AvgIpc) is 2.97. The van der Waals surface area contributed by atoms with Gasteiger partial charge in [-0.1, -0.05) is 60.2 Å².